The van der Waals surface area contributed by atoms with Gasteiger partial charge in [-0.2, -0.15) is 13.2 Å². The Morgan fingerprint density at radius 2 is 1.65 bits per heavy atom. The molecular weight excluding hydrogens is 289 g/mol. The van der Waals surface area contributed by atoms with E-state index in [1.54, 1.807) is 29.2 Å². The van der Waals surface area contributed by atoms with Crippen LogP contribution in [0.4, 0.5) is 13.2 Å². The van der Waals surface area contributed by atoms with Gasteiger partial charge in [0.25, 0.3) is 5.91 Å². The third kappa shape index (κ3) is 4.14. The van der Waals surface area contributed by atoms with E-state index in [9.17, 15) is 18.0 Å². The van der Waals surface area contributed by atoms with Crippen molar-refractivity contribution in [1.82, 2.24) is 9.80 Å². The van der Waals surface area contributed by atoms with Crippen LogP contribution in [-0.2, 0) is 0 Å². The van der Waals surface area contributed by atoms with Gasteiger partial charge < -0.3 is 4.90 Å². The Hall–Kier alpha value is -1.21. The molecule has 20 heavy (non-hydrogen) atoms. The van der Waals surface area contributed by atoms with Gasteiger partial charge in [0.1, 0.15) is 0 Å². The van der Waals surface area contributed by atoms with Gasteiger partial charge in [-0.1, -0.05) is 0 Å². The minimum Gasteiger partial charge on any atom is -0.336 e. The zero-order valence-electron chi connectivity index (χ0n) is 10.7. The maximum atomic E-state index is 12.3. The van der Waals surface area contributed by atoms with Crippen molar-refractivity contribution >= 4 is 18.5 Å². The molecule has 1 aliphatic rings. The van der Waals surface area contributed by atoms with Crippen molar-refractivity contribution in [3.05, 3.63) is 29.8 Å². The summed E-state index contributed by atoms with van der Waals surface area (Å²) in [6.45, 7) is 0.213. The largest absolute Gasteiger partial charge is 0.401 e. The summed E-state index contributed by atoms with van der Waals surface area (Å²) in [5.41, 5.74) is 0.534. The van der Waals surface area contributed by atoms with E-state index in [1.807, 2.05) is 0 Å². The van der Waals surface area contributed by atoms with Crippen molar-refractivity contribution < 1.29 is 18.0 Å². The number of alkyl halides is 3. The Kier molecular flexibility index (Phi) is 4.59. The number of carbonyl (C=O) groups is 1. The number of thiol groups is 1. The normalized spacial score (nSPS) is 17.3. The molecule has 2 rings (SSSR count). The molecule has 0 atom stereocenters. The molecule has 1 aromatic rings. The Morgan fingerprint density at radius 1 is 1.10 bits per heavy atom. The van der Waals surface area contributed by atoms with Gasteiger partial charge in [-0.25, -0.2) is 0 Å². The highest BCUT2D eigenvalue weighted by Gasteiger charge is 2.32. The number of hydrogen-bond acceptors (Lipinski definition) is 3. The first kappa shape index (κ1) is 15.2. The summed E-state index contributed by atoms with van der Waals surface area (Å²) < 4.78 is 36.8. The van der Waals surface area contributed by atoms with Crippen molar-refractivity contribution in [2.24, 2.45) is 0 Å². The number of hydrogen-bond donors (Lipinski definition) is 1. The zero-order chi connectivity index (χ0) is 14.8. The number of piperazine rings is 1. The second kappa shape index (κ2) is 6.05. The van der Waals surface area contributed by atoms with Crippen LogP contribution in [0.1, 0.15) is 10.4 Å². The Balaban J connectivity index is 1.90. The van der Waals surface area contributed by atoms with Gasteiger partial charge in [0.15, 0.2) is 0 Å². The summed E-state index contributed by atoms with van der Waals surface area (Å²) >= 11 is 4.14. The summed E-state index contributed by atoms with van der Waals surface area (Å²) in [5, 5.41) is 0. The molecule has 1 aliphatic heterocycles. The number of amides is 1. The number of carbonyl (C=O) groups excluding carboxylic acids is 1. The van der Waals surface area contributed by atoms with E-state index in [4.69, 9.17) is 0 Å². The van der Waals surface area contributed by atoms with Crippen molar-refractivity contribution in [1.29, 1.82) is 0 Å². The first-order chi connectivity index (χ1) is 9.35. The molecule has 1 heterocycles. The monoisotopic (exact) mass is 304 g/mol. The molecule has 0 saturated carbocycles. The van der Waals surface area contributed by atoms with Gasteiger partial charge in [0.05, 0.1) is 6.54 Å². The molecule has 0 radical (unpaired) electrons. The van der Waals surface area contributed by atoms with Crippen LogP contribution in [0.25, 0.3) is 0 Å². The number of benzene rings is 1. The SMILES string of the molecule is O=C(c1ccc(S)cc1)N1CCN(CC(F)(F)F)CC1. The smallest absolute Gasteiger partial charge is 0.336 e. The molecule has 7 heteroatoms. The Labute approximate surface area is 120 Å². The van der Waals surface area contributed by atoms with Gasteiger partial charge in [-0.3, -0.25) is 9.69 Å². The van der Waals surface area contributed by atoms with Crippen LogP contribution in [-0.4, -0.2) is 54.6 Å². The fraction of sp³-hybridized carbons (Fsp3) is 0.462. The van der Waals surface area contributed by atoms with Crippen molar-refractivity contribution in [2.75, 3.05) is 32.7 Å². The summed E-state index contributed by atoms with van der Waals surface area (Å²) in [5.74, 6) is -0.148. The van der Waals surface area contributed by atoms with Gasteiger partial charge in [0.2, 0.25) is 0 Å². The molecule has 1 aromatic carbocycles. The molecule has 1 amide bonds. The molecule has 1 fully saturated rings. The first-order valence-corrected chi connectivity index (χ1v) is 6.67. The molecule has 0 N–H and O–H groups in total. The summed E-state index contributed by atoms with van der Waals surface area (Å²) in [4.78, 5) is 15.8. The maximum absolute atomic E-state index is 12.3. The minimum atomic E-state index is -4.19. The second-order valence-electron chi connectivity index (χ2n) is 4.73. The van der Waals surface area contributed by atoms with Crippen LogP contribution >= 0.6 is 12.6 Å². The molecular formula is C13H15F3N2OS. The van der Waals surface area contributed by atoms with Crippen LogP contribution in [0.2, 0.25) is 0 Å². The fourth-order valence-corrected chi connectivity index (χ4v) is 2.30. The summed E-state index contributed by atoms with van der Waals surface area (Å²) in [6.07, 6.45) is -4.19. The number of nitrogens with zero attached hydrogens (tertiary/aromatic N) is 2. The lowest BCUT2D eigenvalue weighted by molar-refractivity contribution is -0.148. The third-order valence-corrected chi connectivity index (χ3v) is 3.47. The Bertz CT molecular complexity index is 467. The fourth-order valence-electron chi connectivity index (χ4n) is 2.15. The van der Waals surface area contributed by atoms with E-state index in [0.29, 0.717) is 18.7 Å². The quantitative estimate of drug-likeness (QED) is 0.848. The van der Waals surface area contributed by atoms with Crippen LogP contribution in [0, 0.1) is 0 Å². The predicted octanol–water partition coefficient (Wildman–Crippen LogP) is 2.30. The highest BCUT2D eigenvalue weighted by atomic mass is 32.1. The van der Waals surface area contributed by atoms with E-state index in [1.165, 1.54) is 4.90 Å². The second-order valence-corrected chi connectivity index (χ2v) is 5.25. The van der Waals surface area contributed by atoms with Crippen molar-refractivity contribution in [3.63, 3.8) is 0 Å². The van der Waals surface area contributed by atoms with E-state index in [2.05, 4.69) is 12.6 Å². The average molecular weight is 304 g/mol. The van der Waals surface area contributed by atoms with Gasteiger partial charge in [-0.15, -0.1) is 12.6 Å². The van der Waals surface area contributed by atoms with E-state index < -0.39 is 12.7 Å². The molecule has 3 nitrogen and oxygen atoms in total. The minimum absolute atomic E-state index is 0.148. The molecule has 0 bridgehead atoms. The average Bonchev–Trinajstić information content (AvgIpc) is 2.38. The van der Waals surface area contributed by atoms with E-state index >= 15 is 0 Å². The first-order valence-electron chi connectivity index (χ1n) is 6.22. The number of halogens is 3. The standard InChI is InChI=1S/C13H15F3N2OS/c14-13(15,16)9-17-5-7-18(8-6-17)12(19)10-1-3-11(20)4-2-10/h1-4,20H,5-9H2. The van der Waals surface area contributed by atoms with Crippen LogP contribution in [0.3, 0.4) is 0 Å². The Morgan fingerprint density at radius 3 is 2.15 bits per heavy atom. The van der Waals surface area contributed by atoms with Crippen LogP contribution < -0.4 is 0 Å². The van der Waals surface area contributed by atoms with E-state index in [0.717, 1.165) is 4.90 Å². The third-order valence-electron chi connectivity index (χ3n) is 3.18. The summed E-state index contributed by atoms with van der Waals surface area (Å²) in [7, 11) is 0. The van der Waals surface area contributed by atoms with Crippen LogP contribution in [0.15, 0.2) is 29.2 Å². The van der Waals surface area contributed by atoms with Gasteiger partial charge in [0, 0.05) is 36.6 Å². The predicted molar refractivity (Wildman–Crippen MR) is 72.1 cm³/mol. The molecule has 0 unspecified atom stereocenters. The molecule has 110 valence electrons. The lowest BCUT2D eigenvalue weighted by atomic mass is 10.2. The van der Waals surface area contributed by atoms with Gasteiger partial charge in [-0.05, 0) is 24.3 Å². The van der Waals surface area contributed by atoms with Crippen molar-refractivity contribution in [3.8, 4) is 0 Å². The number of rotatable bonds is 2. The molecule has 0 spiro atoms. The topological polar surface area (TPSA) is 23.6 Å². The highest BCUT2D eigenvalue weighted by Crippen LogP contribution is 2.18. The molecule has 0 aliphatic carbocycles. The molecule has 0 aromatic heterocycles. The molecule has 1 saturated heterocycles. The van der Waals surface area contributed by atoms with Crippen molar-refractivity contribution in [2.45, 2.75) is 11.1 Å². The maximum Gasteiger partial charge on any atom is 0.401 e. The van der Waals surface area contributed by atoms with E-state index in [-0.39, 0.29) is 19.0 Å². The van der Waals surface area contributed by atoms with Crippen LogP contribution in [0.5, 0.6) is 0 Å². The highest BCUT2D eigenvalue weighted by molar-refractivity contribution is 7.80. The lowest BCUT2D eigenvalue weighted by Crippen LogP contribution is -2.50. The zero-order valence-corrected chi connectivity index (χ0v) is 11.6. The lowest BCUT2D eigenvalue weighted by Gasteiger charge is -2.35. The van der Waals surface area contributed by atoms with Gasteiger partial charge >= 0.3 is 6.18 Å². The summed E-state index contributed by atoms with van der Waals surface area (Å²) in [6, 6.07) is 6.78.